The SMILES string of the molecule is CCN1c2ccc(C=Nc3ccc(Oc4ccccc4Cl)cc3)cc2C(C)=CC1(C)C. The van der Waals surface area contributed by atoms with E-state index in [-0.39, 0.29) is 5.54 Å². The molecular formula is C27H27ClN2O. The second-order valence-electron chi connectivity index (χ2n) is 8.29. The smallest absolute Gasteiger partial charge is 0.146 e. The quantitative estimate of drug-likeness (QED) is 0.384. The number of benzene rings is 3. The average molecular weight is 431 g/mol. The van der Waals surface area contributed by atoms with E-state index in [2.05, 4.69) is 61.9 Å². The van der Waals surface area contributed by atoms with Gasteiger partial charge in [-0.3, -0.25) is 4.99 Å². The molecule has 1 heterocycles. The van der Waals surface area contributed by atoms with Crippen molar-refractivity contribution in [1.29, 1.82) is 0 Å². The second kappa shape index (κ2) is 8.60. The van der Waals surface area contributed by atoms with Gasteiger partial charge in [0, 0.05) is 24.0 Å². The Bertz CT molecular complexity index is 1150. The number of hydrogen-bond acceptors (Lipinski definition) is 3. The van der Waals surface area contributed by atoms with Crippen molar-refractivity contribution >= 4 is 34.8 Å². The van der Waals surface area contributed by atoms with Crippen LogP contribution in [0.3, 0.4) is 0 Å². The van der Waals surface area contributed by atoms with Gasteiger partial charge in [0.15, 0.2) is 0 Å². The Morgan fingerprint density at radius 2 is 1.77 bits per heavy atom. The van der Waals surface area contributed by atoms with Gasteiger partial charge >= 0.3 is 0 Å². The zero-order valence-electron chi connectivity index (χ0n) is 18.4. The number of anilines is 1. The van der Waals surface area contributed by atoms with Gasteiger partial charge in [-0.05, 0) is 87.4 Å². The van der Waals surface area contributed by atoms with Crippen LogP contribution in [0.15, 0.2) is 77.8 Å². The molecule has 4 heteroatoms. The molecule has 1 aliphatic rings. The minimum absolute atomic E-state index is 0.0230. The van der Waals surface area contributed by atoms with Gasteiger partial charge in [0.05, 0.1) is 16.2 Å². The van der Waals surface area contributed by atoms with Crippen LogP contribution in [0, 0.1) is 0 Å². The average Bonchev–Trinajstić information content (AvgIpc) is 2.75. The molecule has 0 aromatic heterocycles. The van der Waals surface area contributed by atoms with E-state index in [4.69, 9.17) is 16.3 Å². The molecule has 0 fully saturated rings. The molecular weight excluding hydrogens is 404 g/mol. The first-order chi connectivity index (χ1) is 14.9. The van der Waals surface area contributed by atoms with Crippen LogP contribution in [0.2, 0.25) is 5.02 Å². The lowest BCUT2D eigenvalue weighted by Crippen LogP contribution is -2.44. The standard InChI is InChI=1S/C27H27ClN2O/c1-5-30-25-15-10-20(16-23(25)19(2)17-27(30,3)4)18-29-21-11-13-22(14-12-21)31-26-9-7-6-8-24(26)28/h6-18H,5H2,1-4H3. The van der Waals surface area contributed by atoms with Crippen LogP contribution in [-0.4, -0.2) is 18.3 Å². The highest BCUT2D eigenvalue weighted by Crippen LogP contribution is 2.39. The van der Waals surface area contributed by atoms with Crippen molar-refractivity contribution in [1.82, 2.24) is 0 Å². The third-order valence-corrected chi connectivity index (χ3v) is 5.89. The Balaban J connectivity index is 1.52. The molecule has 3 nitrogen and oxygen atoms in total. The lowest BCUT2D eigenvalue weighted by Gasteiger charge is -2.42. The normalized spacial score (nSPS) is 15.0. The molecule has 158 valence electrons. The van der Waals surface area contributed by atoms with E-state index in [0.29, 0.717) is 10.8 Å². The van der Waals surface area contributed by atoms with E-state index in [1.165, 1.54) is 16.8 Å². The lowest BCUT2D eigenvalue weighted by molar-refractivity contribution is 0.483. The van der Waals surface area contributed by atoms with Crippen LogP contribution in [0.25, 0.3) is 5.57 Å². The summed E-state index contributed by atoms with van der Waals surface area (Å²) in [7, 11) is 0. The van der Waals surface area contributed by atoms with Gasteiger partial charge in [-0.15, -0.1) is 0 Å². The second-order valence-corrected chi connectivity index (χ2v) is 8.69. The largest absolute Gasteiger partial charge is 0.456 e. The predicted molar refractivity (Wildman–Crippen MR) is 132 cm³/mol. The molecule has 0 N–H and O–H groups in total. The van der Waals surface area contributed by atoms with Crippen LogP contribution in [0.4, 0.5) is 11.4 Å². The fourth-order valence-corrected chi connectivity index (χ4v) is 4.34. The monoisotopic (exact) mass is 430 g/mol. The van der Waals surface area contributed by atoms with E-state index < -0.39 is 0 Å². The summed E-state index contributed by atoms with van der Waals surface area (Å²) in [5.41, 5.74) is 5.83. The molecule has 0 bridgehead atoms. The van der Waals surface area contributed by atoms with E-state index in [1.807, 2.05) is 54.7 Å². The molecule has 31 heavy (non-hydrogen) atoms. The van der Waals surface area contributed by atoms with Gasteiger partial charge in [0.2, 0.25) is 0 Å². The van der Waals surface area contributed by atoms with E-state index in [0.717, 1.165) is 23.5 Å². The van der Waals surface area contributed by atoms with Crippen LogP contribution < -0.4 is 9.64 Å². The predicted octanol–water partition coefficient (Wildman–Crippen LogP) is 7.90. The van der Waals surface area contributed by atoms with Gasteiger partial charge in [0.25, 0.3) is 0 Å². The number of halogens is 1. The zero-order valence-corrected chi connectivity index (χ0v) is 19.1. The van der Waals surface area contributed by atoms with Gasteiger partial charge in [-0.2, -0.15) is 0 Å². The van der Waals surface area contributed by atoms with Gasteiger partial charge in [0.1, 0.15) is 11.5 Å². The fraction of sp³-hybridized carbons (Fsp3) is 0.222. The summed E-state index contributed by atoms with van der Waals surface area (Å²) in [6.07, 6.45) is 4.25. The van der Waals surface area contributed by atoms with Crippen LogP contribution in [0.1, 0.15) is 38.8 Å². The van der Waals surface area contributed by atoms with Crippen molar-refractivity contribution in [3.63, 3.8) is 0 Å². The molecule has 0 spiro atoms. The van der Waals surface area contributed by atoms with E-state index >= 15 is 0 Å². The highest BCUT2D eigenvalue weighted by Gasteiger charge is 2.29. The minimum atomic E-state index is 0.0230. The summed E-state index contributed by atoms with van der Waals surface area (Å²) in [5.74, 6) is 1.37. The number of para-hydroxylation sites is 1. The Morgan fingerprint density at radius 1 is 1.03 bits per heavy atom. The summed E-state index contributed by atoms with van der Waals surface area (Å²) in [5, 5.41) is 0.589. The minimum Gasteiger partial charge on any atom is -0.456 e. The number of allylic oxidation sites excluding steroid dienone is 1. The van der Waals surface area contributed by atoms with Crippen LogP contribution >= 0.6 is 11.6 Å². The van der Waals surface area contributed by atoms with Crippen molar-refractivity contribution in [3.05, 3.63) is 89.0 Å². The fourth-order valence-electron chi connectivity index (χ4n) is 4.16. The van der Waals surface area contributed by atoms with Crippen LogP contribution in [0.5, 0.6) is 11.5 Å². The maximum Gasteiger partial charge on any atom is 0.146 e. The zero-order chi connectivity index (χ0) is 22.0. The molecule has 0 unspecified atom stereocenters. The first kappa shape index (κ1) is 21.2. The summed E-state index contributed by atoms with van der Waals surface area (Å²) >= 11 is 6.16. The molecule has 0 aliphatic carbocycles. The molecule has 0 amide bonds. The number of ether oxygens (including phenoxy) is 1. The van der Waals surface area contributed by atoms with Crippen LogP contribution in [-0.2, 0) is 0 Å². The Labute approximate surface area is 189 Å². The molecule has 3 aromatic carbocycles. The van der Waals surface area contributed by atoms with Crippen molar-refractivity contribution in [2.75, 3.05) is 11.4 Å². The number of aliphatic imine (C=N–C) groups is 1. The Kier molecular flexibility index (Phi) is 5.88. The molecule has 0 saturated carbocycles. The summed E-state index contributed by atoms with van der Waals surface area (Å²) in [6, 6.07) is 21.7. The number of nitrogens with zero attached hydrogens (tertiary/aromatic N) is 2. The summed E-state index contributed by atoms with van der Waals surface area (Å²) < 4.78 is 5.84. The molecule has 0 saturated heterocycles. The molecule has 0 radical (unpaired) electrons. The van der Waals surface area contributed by atoms with Crippen molar-refractivity contribution in [2.24, 2.45) is 4.99 Å². The summed E-state index contributed by atoms with van der Waals surface area (Å²) in [4.78, 5) is 7.08. The maximum absolute atomic E-state index is 6.16. The molecule has 3 aromatic rings. The Hall–Kier alpha value is -3.04. The highest BCUT2D eigenvalue weighted by atomic mass is 35.5. The lowest BCUT2D eigenvalue weighted by atomic mass is 9.88. The number of fused-ring (bicyclic) bond motifs is 1. The molecule has 0 atom stereocenters. The maximum atomic E-state index is 6.16. The molecule has 4 rings (SSSR count). The third-order valence-electron chi connectivity index (χ3n) is 5.58. The van der Waals surface area contributed by atoms with Crippen molar-refractivity contribution < 1.29 is 4.74 Å². The number of hydrogen-bond donors (Lipinski definition) is 0. The number of rotatable bonds is 5. The van der Waals surface area contributed by atoms with E-state index in [1.54, 1.807) is 0 Å². The number of likely N-dealkylation sites (N-methyl/N-ethyl adjacent to an activating group) is 1. The van der Waals surface area contributed by atoms with Gasteiger partial charge < -0.3 is 9.64 Å². The molecule has 1 aliphatic heterocycles. The van der Waals surface area contributed by atoms with Gasteiger partial charge in [-0.1, -0.05) is 35.9 Å². The third kappa shape index (κ3) is 4.52. The first-order valence-electron chi connectivity index (χ1n) is 10.6. The van der Waals surface area contributed by atoms with Crippen molar-refractivity contribution in [2.45, 2.75) is 33.2 Å². The van der Waals surface area contributed by atoms with E-state index in [9.17, 15) is 0 Å². The highest BCUT2D eigenvalue weighted by molar-refractivity contribution is 6.32. The topological polar surface area (TPSA) is 24.8 Å². The summed E-state index contributed by atoms with van der Waals surface area (Å²) in [6.45, 7) is 9.88. The van der Waals surface area contributed by atoms with Crippen molar-refractivity contribution in [3.8, 4) is 11.5 Å². The first-order valence-corrected chi connectivity index (χ1v) is 10.9. The van der Waals surface area contributed by atoms with Gasteiger partial charge in [-0.25, -0.2) is 0 Å². The Morgan fingerprint density at radius 3 is 2.48 bits per heavy atom.